The van der Waals surface area contributed by atoms with E-state index in [1.165, 1.54) is 11.1 Å². The molecule has 0 aliphatic carbocycles. The third kappa shape index (κ3) is 3.63. The van der Waals surface area contributed by atoms with Crippen LogP contribution in [-0.2, 0) is 24.3 Å². The standard InChI is InChI=1S/C22H27N7O/c1-15(30)28-8-3-4-20(28)14-29-21-18(12-24-29)11-23-22(26-21)25-19-6-5-16-7-9-27(2)13-17(16)10-19/h5-6,10-12,20H,3-4,7-9,13-14H2,1-2H3,(H,23,25,26)/t20-/m0/s1. The molecule has 3 aromatic rings. The number of likely N-dealkylation sites (tertiary alicyclic amines) is 1. The number of hydrogen-bond donors (Lipinski definition) is 1. The summed E-state index contributed by atoms with van der Waals surface area (Å²) in [5, 5.41) is 8.76. The Balaban J connectivity index is 1.38. The molecule has 1 atom stereocenters. The van der Waals surface area contributed by atoms with Crippen LogP contribution >= 0.6 is 0 Å². The predicted molar refractivity (Wildman–Crippen MR) is 115 cm³/mol. The third-order valence-corrected chi connectivity index (χ3v) is 6.21. The number of hydrogen-bond acceptors (Lipinski definition) is 6. The lowest BCUT2D eigenvalue weighted by Gasteiger charge is -2.25. The van der Waals surface area contributed by atoms with E-state index in [0.29, 0.717) is 12.5 Å². The van der Waals surface area contributed by atoms with Gasteiger partial charge in [-0.15, -0.1) is 0 Å². The van der Waals surface area contributed by atoms with Crippen molar-refractivity contribution in [3.63, 3.8) is 0 Å². The van der Waals surface area contributed by atoms with Crippen LogP contribution in [0.3, 0.4) is 0 Å². The highest BCUT2D eigenvalue weighted by atomic mass is 16.2. The molecule has 4 heterocycles. The van der Waals surface area contributed by atoms with Crippen LogP contribution in [-0.4, -0.2) is 61.6 Å². The first-order valence-corrected chi connectivity index (χ1v) is 10.6. The van der Waals surface area contributed by atoms with Crippen molar-refractivity contribution in [1.29, 1.82) is 0 Å². The van der Waals surface area contributed by atoms with Crippen LogP contribution in [0.15, 0.2) is 30.6 Å². The molecule has 8 nitrogen and oxygen atoms in total. The molecule has 2 aliphatic rings. The van der Waals surface area contributed by atoms with Crippen LogP contribution in [0, 0.1) is 0 Å². The van der Waals surface area contributed by atoms with Crippen molar-refractivity contribution in [2.45, 2.75) is 45.3 Å². The smallest absolute Gasteiger partial charge is 0.229 e. The Morgan fingerprint density at radius 2 is 2.13 bits per heavy atom. The van der Waals surface area contributed by atoms with E-state index in [4.69, 9.17) is 4.98 Å². The van der Waals surface area contributed by atoms with Gasteiger partial charge in [-0.3, -0.25) is 4.79 Å². The van der Waals surface area contributed by atoms with Crippen molar-refractivity contribution in [2.24, 2.45) is 0 Å². The normalized spacial score (nSPS) is 19.3. The largest absolute Gasteiger partial charge is 0.338 e. The minimum Gasteiger partial charge on any atom is -0.338 e. The number of aromatic nitrogens is 4. The zero-order chi connectivity index (χ0) is 20.7. The maximum atomic E-state index is 11.9. The number of fused-ring (bicyclic) bond motifs is 2. The Labute approximate surface area is 175 Å². The fourth-order valence-corrected chi connectivity index (χ4v) is 4.61. The summed E-state index contributed by atoms with van der Waals surface area (Å²) in [4.78, 5) is 25.4. The molecule has 0 unspecified atom stereocenters. The average Bonchev–Trinajstić information content (AvgIpc) is 3.35. The van der Waals surface area contributed by atoms with Gasteiger partial charge in [-0.05, 0) is 49.6 Å². The van der Waals surface area contributed by atoms with Crippen molar-refractivity contribution in [1.82, 2.24) is 29.5 Å². The van der Waals surface area contributed by atoms with Crippen molar-refractivity contribution < 1.29 is 4.79 Å². The number of amides is 1. The number of benzene rings is 1. The summed E-state index contributed by atoms with van der Waals surface area (Å²) < 4.78 is 1.90. The van der Waals surface area contributed by atoms with Gasteiger partial charge in [0, 0.05) is 38.4 Å². The Hall–Kier alpha value is -3.00. The summed E-state index contributed by atoms with van der Waals surface area (Å²) in [7, 11) is 2.15. The van der Waals surface area contributed by atoms with Gasteiger partial charge >= 0.3 is 0 Å². The van der Waals surface area contributed by atoms with Crippen molar-refractivity contribution in [2.75, 3.05) is 25.5 Å². The van der Waals surface area contributed by atoms with Gasteiger partial charge in [0.05, 0.1) is 24.2 Å². The summed E-state index contributed by atoms with van der Waals surface area (Å²) in [6.07, 6.45) is 6.73. The molecule has 0 radical (unpaired) electrons. The lowest BCUT2D eigenvalue weighted by atomic mass is 9.99. The van der Waals surface area contributed by atoms with Gasteiger partial charge in [0.1, 0.15) is 0 Å². The van der Waals surface area contributed by atoms with Crippen molar-refractivity contribution in [3.05, 3.63) is 41.7 Å². The first-order chi connectivity index (χ1) is 14.6. The lowest BCUT2D eigenvalue weighted by Crippen LogP contribution is -2.36. The first-order valence-electron chi connectivity index (χ1n) is 10.6. The predicted octanol–water partition coefficient (Wildman–Crippen LogP) is 2.57. The van der Waals surface area contributed by atoms with E-state index >= 15 is 0 Å². The van der Waals surface area contributed by atoms with Gasteiger partial charge in [-0.1, -0.05) is 6.07 Å². The van der Waals surface area contributed by atoms with Crippen LogP contribution in [0.4, 0.5) is 11.6 Å². The summed E-state index contributed by atoms with van der Waals surface area (Å²) in [6.45, 7) is 5.19. The molecular weight excluding hydrogens is 378 g/mol. The average molecular weight is 406 g/mol. The van der Waals surface area contributed by atoms with Crippen molar-refractivity contribution >= 4 is 28.6 Å². The number of likely N-dealkylation sites (N-methyl/N-ethyl adjacent to an activating group) is 1. The highest BCUT2D eigenvalue weighted by Gasteiger charge is 2.27. The summed E-state index contributed by atoms with van der Waals surface area (Å²) in [5.41, 5.74) is 4.55. The molecular formula is C22H27N7O. The van der Waals surface area contributed by atoms with Crippen LogP contribution in [0.2, 0.25) is 0 Å². The van der Waals surface area contributed by atoms with E-state index in [0.717, 1.165) is 55.6 Å². The molecule has 8 heteroatoms. The maximum Gasteiger partial charge on any atom is 0.229 e. The van der Waals surface area contributed by atoms with Gasteiger partial charge in [-0.25, -0.2) is 9.67 Å². The van der Waals surface area contributed by atoms with Crippen molar-refractivity contribution in [3.8, 4) is 0 Å². The van der Waals surface area contributed by atoms with E-state index in [9.17, 15) is 4.79 Å². The molecule has 1 fully saturated rings. The Kier molecular flexibility index (Phi) is 4.86. The molecule has 1 amide bonds. The summed E-state index contributed by atoms with van der Waals surface area (Å²) >= 11 is 0. The number of rotatable bonds is 4. The molecule has 1 saturated heterocycles. The fourth-order valence-electron chi connectivity index (χ4n) is 4.61. The first kappa shape index (κ1) is 19.0. The monoisotopic (exact) mass is 405 g/mol. The molecule has 0 bridgehead atoms. The molecule has 0 saturated carbocycles. The summed E-state index contributed by atoms with van der Waals surface area (Å²) in [5.74, 6) is 0.687. The molecule has 156 valence electrons. The van der Waals surface area contributed by atoms with E-state index in [-0.39, 0.29) is 11.9 Å². The molecule has 1 aromatic carbocycles. The molecule has 0 spiro atoms. The highest BCUT2D eigenvalue weighted by molar-refractivity contribution is 5.76. The number of nitrogens with one attached hydrogen (secondary N) is 1. The zero-order valence-corrected chi connectivity index (χ0v) is 17.5. The molecule has 5 rings (SSSR count). The Bertz CT molecular complexity index is 1090. The molecule has 1 N–H and O–H groups in total. The quantitative estimate of drug-likeness (QED) is 0.719. The van der Waals surface area contributed by atoms with E-state index in [1.807, 2.05) is 9.58 Å². The maximum absolute atomic E-state index is 11.9. The Morgan fingerprint density at radius 3 is 3.00 bits per heavy atom. The lowest BCUT2D eigenvalue weighted by molar-refractivity contribution is -0.129. The molecule has 2 aromatic heterocycles. The summed E-state index contributed by atoms with van der Waals surface area (Å²) in [6, 6.07) is 6.66. The number of carbonyl (C=O) groups excluding carboxylic acids is 1. The van der Waals surface area contributed by atoms with E-state index < -0.39 is 0 Å². The van der Waals surface area contributed by atoms with Crippen LogP contribution in [0.25, 0.3) is 11.0 Å². The second-order valence-corrected chi connectivity index (χ2v) is 8.40. The minimum absolute atomic E-state index is 0.129. The Morgan fingerprint density at radius 1 is 1.23 bits per heavy atom. The van der Waals surface area contributed by atoms with E-state index in [1.54, 1.807) is 19.3 Å². The second-order valence-electron chi connectivity index (χ2n) is 8.40. The number of anilines is 2. The molecule has 30 heavy (non-hydrogen) atoms. The minimum atomic E-state index is 0.129. The highest BCUT2D eigenvalue weighted by Crippen LogP contribution is 2.25. The van der Waals surface area contributed by atoms with Gasteiger partial charge in [0.15, 0.2) is 5.65 Å². The second kappa shape index (κ2) is 7.68. The van der Waals surface area contributed by atoms with Crippen LogP contribution in [0.1, 0.15) is 30.9 Å². The SMILES string of the molecule is CC(=O)N1CCC[C@H]1Cn1ncc2cnc(Nc3ccc4c(c3)CN(C)CC4)nc21. The number of nitrogens with zero attached hydrogens (tertiary/aromatic N) is 6. The van der Waals surface area contributed by atoms with Gasteiger partial charge in [0.25, 0.3) is 0 Å². The van der Waals surface area contributed by atoms with Crippen LogP contribution < -0.4 is 5.32 Å². The topological polar surface area (TPSA) is 79.2 Å². The van der Waals surface area contributed by atoms with Gasteiger partial charge in [0.2, 0.25) is 11.9 Å². The van der Waals surface area contributed by atoms with Gasteiger partial charge in [-0.2, -0.15) is 10.1 Å². The molecule has 2 aliphatic heterocycles. The van der Waals surface area contributed by atoms with Crippen LogP contribution in [0.5, 0.6) is 0 Å². The number of carbonyl (C=O) groups is 1. The van der Waals surface area contributed by atoms with E-state index in [2.05, 4.69) is 45.5 Å². The van der Waals surface area contributed by atoms with Gasteiger partial charge < -0.3 is 15.1 Å². The third-order valence-electron chi connectivity index (χ3n) is 6.21. The fraction of sp³-hybridized carbons (Fsp3) is 0.455. The zero-order valence-electron chi connectivity index (χ0n) is 17.5.